The number of hydrogen-bond acceptors (Lipinski definition) is 2. The number of benzene rings is 2. The van der Waals surface area contributed by atoms with Gasteiger partial charge in [0.15, 0.2) is 0 Å². The summed E-state index contributed by atoms with van der Waals surface area (Å²) in [4.78, 5) is 0. The van der Waals surface area contributed by atoms with E-state index in [4.69, 9.17) is 4.74 Å². The lowest BCUT2D eigenvalue weighted by molar-refractivity contribution is 0.0784. The van der Waals surface area contributed by atoms with E-state index in [2.05, 4.69) is 61.8 Å². The van der Waals surface area contributed by atoms with Crippen LogP contribution < -0.4 is 5.32 Å². The minimum atomic E-state index is 0.369. The van der Waals surface area contributed by atoms with Crippen LogP contribution in [0.5, 0.6) is 0 Å². The highest BCUT2D eigenvalue weighted by Crippen LogP contribution is 2.37. The lowest BCUT2D eigenvalue weighted by Crippen LogP contribution is -2.30. The number of fused-ring (bicyclic) bond motifs is 1. The summed E-state index contributed by atoms with van der Waals surface area (Å²) in [5.41, 5.74) is 1.40. The van der Waals surface area contributed by atoms with Crippen LogP contribution in [0.15, 0.2) is 42.5 Å². The second kappa shape index (κ2) is 5.94. The zero-order valence-electron chi connectivity index (χ0n) is 12.3. The zero-order valence-corrected chi connectivity index (χ0v) is 12.3. The maximum atomic E-state index is 5.89. The second-order valence-electron chi connectivity index (χ2n) is 5.60. The lowest BCUT2D eigenvalue weighted by atomic mass is 9.85. The molecule has 1 heterocycles. The topological polar surface area (TPSA) is 21.3 Å². The van der Waals surface area contributed by atoms with Crippen molar-refractivity contribution in [1.29, 1.82) is 0 Å². The maximum absolute atomic E-state index is 5.89. The first-order chi connectivity index (χ1) is 9.85. The van der Waals surface area contributed by atoms with Crippen LogP contribution in [0, 0.1) is 5.92 Å². The summed E-state index contributed by atoms with van der Waals surface area (Å²) in [5.74, 6) is 0.566. The molecule has 0 amide bonds. The lowest BCUT2D eigenvalue weighted by Gasteiger charge is -2.28. The molecule has 3 unspecified atom stereocenters. The van der Waals surface area contributed by atoms with Gasteiger partial charge in [0.05, 0.1) is 6.10 Å². The van der Waals surface area contributed by atoms with Crippen LogP contribution in [-0.4, -0.2) is 19.8 Å². The normalized spacial score (nSPS) is 24.1. The highest BCUT2D eigenvalue weighted by atomic mass is 16.5. The van der Waals surface area contributed by atoms with Crippen molar-refractivity contribution in [3.63, 3.8) is 0 Å². The molecule has 0 saturated carbocycles. The van der Waals surface area contributed by atoms with Gasteiger partial charge >= 0.3 is 0 Å². The summed E-state index contributed by atoms with van der Waals surface area (Å²) in [5, 5.41) is 6.21. The Hall–Kier alpha value is -1.38. The summed E-state index contributed by atoms with van der Waals surface area (Å²) >= 11 is 0. The van der Waals surface area contributed by atoms with E-state index in [1.165, 1.54) is 16.3 Å². The molecule has 3 atom stereocenters. The van der Waals surface area contributed by atoms with Gasteiger partial charge < -0.3 is 10.1 Å². The molecule has 1 fully saturated rings. The van der Waals surface area contributed by atoms with Gasteiger partial charge in [-0.3, -0.25) is 0 Å². The molecule has 106 valence electrons. The molecule has 1 aliphatic heterocycles. The molecule has 0 radical (unpaired) electrons. The van der Waals surface area contributed by atoms with Gasteiger partial charge in [0, 0.05) is 18.6 Å². The first kappa shape index (κ1) is 13.6. The number of ether oxygens (including phenoxy) is 1. The van der Waals surface area contributed by atoms with Crippen molar-refractivity contribution >= 4 is 10.8 Å². The molecule has 3 rings (SSSR count). The molecule has 1 saturated heterocycles. The van der Waals surface area contributed by atoms with E-state index in [0.29, 0.717) is 18.1 Å². The van der Waals surface area contributed by atoms with Crippen molar-refractivity contribution in [3.05, 3.63) is 48.0 Å². The van der Waals surface area contributed by atoms with Crippen molar-refractivity contribution in [2.45, 2.75) is 31.9 Å². The van der Waals surface area contributed by atoms with E-state index in [1.54, 1.807) is 0 Å². The first-order valence-electron chi connectivity index (χ1n) is 7.61. The van der Waals surface area contributed by atoms with Crippen molar-refractivity contribution < 1.29 is 4.74 Å². The van der Waals surface area contributed by atoms with Crippen molar-refractivity contribution in [2.24, 2.45) is 5.92 Å². The molecule has 0 aromatic heterocycles. The summed E-state index contributed by atoms with van der Waals surface area (Å²) in [6.45, 7) is 3.12. The summed E-state index contributed by atoms with van der Waals surface area (Å²) in [6.07, 6.45) is 2.62. The third-order valence-corrected chi connectivity index (χ3v) is 4.56. The van der Waals surface area contributed by atoms with E-state index in [-0.39, 0.29) is 0 Å². The molecular weight excluding hydrogens is 246 g/mol. The zero-order chi connectivity index (χ0) is 13.9. The summed E-state index contributed by atoms with van der Waals surface area (Å²) in [7, 11) is 2.07. The van der Waals surface area contributed by atoms with Crippen LogP contribution in [0.3, 0.4) is 0 Å². The fourth-order valence-electron chi connectivity index (χ4n) is 3.59. The smallest absolute Gasteiger partial charge is 0.0619 e. The molecule has 1 aliphatic rings. The first-order valence-corrected chi connectivity index (χ1v) is 7.61. The Morgan fingerprint density at radius 1 is 1.20 bits per heavy atom. The fourth-order valence-corrected chi connectivity index (χ4v) is 3.59. The molecule has 2 heteroatoms. The van der Waals surface area contributed by atoms with Crippen LogP contribution >= 0.6 is 0 Å². The highest BCUT2D eigenvalue weighted by Gasteiger charge is 2.34. The van der Waals surface area contributed by atoms with E-state index in [9.17, 15) is 0 Å². The maximum Gasteiger partial charge on any atom is 0.0619 e. The van der Waals surface area contributed by atoms with Crippen LogP contribution in [0.2, 0.25) is 0 Å². The Morgan fingerprint density at radius 2 is 2.00 bits per heavy atom. The van der Waals surface area contributed by atoms with E-state index in [0.717, 1.165) is 19.4 Å². The fraction of sp³-hybridized carbons (Fsp3) is 0.444. The molecule has 2 aromatic rings. The minimum absolute atomic E-state index is 0.369. The third-order valence-electron chi connectivity index (χ3n) is 4.56. The van der Waals surface area contributed by atoms with Gasteiger partial charge in [0.2, 0.25) is 0 Å². The average molecular weight is 269 g/mol. The Balaban J connectivity index is 2.03. The van der Waals surface area contributed by atoms with E-state index >= 15 is 0 Å². The van der Waals surface area contributed by atoms with Gasteiger partial charge in [-0.25, -0.2) is 0 Å². The van der Waals surface area contributed by atoms with E-state index in [1.807, 2.05) is 0 Å². The van der Waals surface area contributed by atoms with Crippen molar-refractivity contribution in [2.75, 3.05) is 13.7 Å². The van der Waals surface area contributed by atoms with E-state index < -0.39 is 0 Å². The van der Waals surface area contributed by atoms with Crippen molar-refractivity contribution in [1.82, 2.24) is 5.32 Å². The SMILES string of the molecule is CCC1OCCC1C(NC)c1cccc2ccccc12. The molecule has 0 spiro atoms. The quantitative estimate of drug-likeness (QED) is 0.908. The summed E-state index contributed by atoms with van der Waals surface area (Å²) in [6, 6.07) is 15.6. The van der Waals surface area contributed by atoms with Gasteiger partial charge in [-0.1, -0.05) is 49.4 Å². The molecular formula is C18H23NO. The second-order valence-corrected chi connectivity index (χ2v) is 5.60. The molecule has 20 heavy (non-hydrogen) atoms. The molecule has 1 N–H and O–H groups in total. The summed E-state index contributed by atoms with van der Waals surface area (Å²) < 4.78 is 5.89. The van der Waals surface area contributed by atoms with Crippen molar-refractivity contribution in [3.8, 4) is 0 Å². The Kier molecular flexibility index (Phi) is 4.04. The van der Waals surface area contributed by atoms with Gasteiger partial charge in [-0.15, -0.1) is 0 Å². The largest absolute Gasteiger partial charge is 0.378 e. The predicted octanol–water partition coefficient (Wildman–Crippen LogP) is 3.92. The van der Waals surface area contributed by atoms with Crippen LogP contribution in [0.25, 0.3) is 10.8 Å². The van der Waals surface area contributed by atoms with Gasteiger partial charge in [0.25, 0.3) is 0 Å². The molecule has 2 nitrogen and oxygen atoms in total. The highest BCUT2D eigenvalue weighted by molar-refractivity contribution is 5.86. The molecule has 0 aliphatic carbocycles. The Labute approximate surface area is 121 Å². The number of rotatable bonds is 4. The minimum Gasteiger partial charge on any atom is -0.378 e. The number of nitrogens with one attached hydrogen (secondary N) is 1. The van der Waals surface area contributed by atoms with Gasteiger partial charge in [0.1, 0.15) is 0 Å². The molecule has 0 bridgehead atoms. The standard InChI is InChI=1S/C18H23NO/c1-3-17-16(11-12-20-17)18(19-2)15-10-6-8-13-7-4-5-9-14(13)15/h4-10,16-19H,3,11-12H2,1-2H3. The monoisotopic (exact) mass is 269 g/mol. The molecule has 2 aromatic carbocycles. The van der Waals surface area contributed by atoms with Crippen LogP contribution in [0.4, 0.5) is 0 Å². The van der Waals surface area contributed by atoms with Gasteiger partial charge in [-0.2, -0.15) is 0 Å². The van der Waals surface area contributed by atoms with Gasteiger partial charge in [-0.05, 0) is 36.2 Å². The Bertz CT molecular complexity index is 575. The van der Waals surface area contributed by atoms with Crippen LogP contribution in [0.1, 0.15) is 31.4 Å². The predicted molar refractivity (Wildman–Crippen MR) is 83.9 cm³/mol. The average Bonchev–Trinajstić information content (AvgIpc) is 2.97. The Morgan fingerprint density at radius 3 is 2.80 bits per heavy atom. The number of hydrogen-bond donors (Lipinski definition) is 1. The third kappa shape index (κ3) is 2.34. The van der Waals surface area contributed by atoms with Crippen LogP contribution in [-0.2, 0) is 4.74 Å².